The Morgan fingerprint density at radius 3 is 2.52 bits per heavy atom. The first-order valence-electron chi connectivity index (χ1n) is 8.60. The van der Waals surface area contributed by atoms with Gasteiger partial charge in [0, 0.05) is 19.6 Å². The topological polar surface area (TPSA) is 75.7 Å². The summed E-state index contributed by atoms with van der Waals surface area (Å²) in [4.78, 5) is 11.8. The largest absolute Gasteiger partial charge is 0.481 e. The molecule has 1 saturated heterocycles. The number of para-hydroxylation sites is 1. The highest BCUT2D eigenvalue weighted by Gasteiger charge is 2.41. The third-order valence-electron chi connectivity index (χ3n) is 4.66. The summed E-state index contributed by atoms with van der Waals surface area (Å²) in [6.07, 6.45) is 3.03. The first-order valence-corrected chi connectivity index (χ1v) is 10.1. The van der Waals surface area contributed by atoms with E-state index in [1.807, 2.05) is 0 Å². The average molecular weight is 370 g/mol. The molecular weight excluding hydrogens is 347 g/mol. The Morgan fingerprint density at radius 1 is 1.20 bits per heavy atom. The lowest BCUT2D eigenvalue weighted by atomic mass is 9.98. The highest BCUT2D eigenvalue weighted by Crippen LogP contribution is 2.33. The van der Waals surface area contributed by atoms with E-state index in [4.69, 9.17) is 4.74 Å². The van der Waals surface area contributed by atoms with Crippen LogP contribution in [0.25, 0.3) is 0 Å². The van der Waals surface area contributed by atoms with Crippen LogP contribution >= 0.6 is 0 Å². The van der Waals surface area contributed by atoms with Crippen molar-refractivity contribution >= 4 is 15.9 Å². The lowest BCUT2D eigenvalue weighted by Crippen LogP contribution is -2.43. The molecule has 2 fully saturated rings. The maximum Gasteiger partial charge on any atom is 0.257 e. The highest BCUT2D eigenvalue weighted by molar-refractivity contribution is 7.90. The van der Waals surface area contributed by atoms with Gasteiger partial charge in [-0.15, -0.1) is 0 Å². The number of ether oxygens (including phenoxy) is 1. The zero-order valence-corrected chi connectivity index (χ0v) is 14.8. The molecule has 2 aliphatic rings. The van der Waals surface area contributed by atoms with E-state index in [1.165, 1.54) is 12.1 Å². The molecule has 138 valence electrons. The van der Waals surface area contributed by atoms with Crippen molar-refractivity contribution in [1.29, 1.82) is 0 Å². The van der Waals surface area contributed by atoms with E-state index in [0.717, 1.165) is 25.7 Å². The Morgan fingerprint density at radius 2 is 1.88 bits per heavy atom. The molecule has 1 heterocycles. The summed E-state index contributed by atoms with van der Waals surface area (Å²) in [7, 11) is -3.10. The number of sulfonamides is 1. The van der Waals surface area contributed by atoms with Gasteiger partial charge in [0.05, 0.1) is 5.25 Å². The van der Waals surface area contributed by atoms with Crippen molar-refractivity contribution in [2.75, 3.05) is 26.2 Å². The summed E-state index contributed by atoms with van der Waals surface area (Å²) in [5.41, 5.74) is 0. The number of hydrogen-bond acceptors (Lipinski definition) is 4. The van der Waals surface area contributed by atoms with Crippen molar-refractivity contribution < 1.29 is 22.3 Å². The fourth-order valence-corrected chi connectivity index (χ4v) is 4.83. The SMILES string of the molecule is O=C(COc1ccccc1F)NCC1CCN(S(=O)(=O)C2CC2)CC1. The molecule has 0 bridgehead atoms. The second kappa shape index (κ2) is 7.70. The Labute approximate surface area is 147 Å². The molecule has 0 aromatic heterocycles. The van der Waals surface area contributed by atoms with E-state index in [-0.39, 0.29) is 29.4 Å². The molecule has 1 aromatic carbocycles. The molecule has 1 saturated carbocycles. The van der Waals surface area contributed by atoms with Crippen molar-refractivity contribution in [3.8, 4) is 5.75 Å². The van der Waals surface area contributed by atoms with Gasteiger partial charge >= 0.3 is 0 Å². The Bertz CT molecular complexity index is 713. The Hall–Kier alpha value is -1.67. The van der Waals surface area contributed by atoms with Gasteiger partial charge in [-0.2, -0.15) is 0 Å². The van der Waals surface area contributed by atoms with Gasteiger partial charge in [0.25, 0.3) is 5.91 Å². The normalized spacial score (nSPS) is 19.6. The van der Waals surface area contributed by atoms with Gasteiger partial charge in [0.15, 0.2) is 18.2 Å². The van der Waals surface area contributed by atoms with Crippen molar-refractivity contribution in [3.05, 3.63) is 30.1 Å². The number of rotatable bonds is 7. The maximum absolute atomic E-state index is 13.4. The van der Waals surface area contributed by atoms with Crippen LogP contribution in [0.5, 0.6) is 5.75 Å². The van der Waals surface area contributed by atoms with Crippen molar-refractivity contribution in [3.63, 3.8) is 0 Å². The second-order valence-corrected chi connectivity index (χ2v) is 8.82. The predicted molar refractivity (Wildman–Crippen MR) is 91.1 cm³/mol. The lowest BCUT2D eigenvalue weighted by Gasteiger charge is -2.31. The van der Waals surface area contributed by atoms with Crippen molar-refractivity contribution in [1.82, 2.24) is 9.62 Å². The number of nitrogens with one attached hydrogen (secondary N) is 1. The van der Waals surface area contributed by atoms with E-state index >= 15 is 0 Å². The second-order valence-electron chi connectivity index (χ2n) is 6.61. The van der Waals surface area contributed by atoms with Crippen LogP contribution in [0.2, 0.25) is 0 Å². The van der Waals surface area contributed by atoms with Crippen molar-refractivity contribution in [2.24, 2.45) is 5.92 Å². The minimum atomic E-state index is -3.10. The molecule has 1 aliphatic carbocycles. The molecule has 25 heavy (non-hydrogen) atoms. The van der Waals surface area contributed by atoms with Crippen LogP contribution in [0.4, 0.5) is 4.39 Å². The van der Waals surface area contributed by atoms with Crippen LogP contribution in [-0.2, 0) is 14.8 Å². The monoisotopic (exact) mass is 370 g/mol. The zero-order chi connectivity index (χ0) is 17.9. The number of halogens is 1. The number of carbonyl (C=O) groups is 1. The van der Waals surface area contributed by atoms with E-state index in [1.54, 1.807) is 16.4 Å². The van der Waals surface area contributed by atoms with Crippen molar-refractivity contribution in [2.45, 2.75) is 30.9 Å². The van der Waals surface area contributed by atoms with Crippen LogP contribution in [0.15, 0.2) is 24.3 Å². The van der Waals surface area contributed by atoms with E-state index in [9.17, 15) is 17.6 Å². The van der Waals surface area contributed by atoms with Gasteiger partial charge in [-0.25, -0.2) is 17.1 Å². The fraction of sp³-hybridized carbons (Fsp3) is 0.588. The molecular formula is C17H23FN2O4S. The molecule has 6 nitrogen and oxygen atoms in total. The number of carbonyl (C=O) groups excluding carboxylic acids is 1. The summed E-state index contributed by atoms with van der Waals surface area (Å²) in [5.74, 6) is -0.505. The van der Waals surface area contributed by atoms with Gasteiger partial charge in [-0.3, -0.25) is 4.79 Å². The van der Waals surface area contributed by atoms with Gasteiger partial charge in [-0.05, 0) is 43.7 Å². The number of benzene rings is 1. The van der Waals surface area contributed by atoms with Crippen LogP contribution in [-0.4, -0.2) is 50.1 Å². The lowest BCUT2D eigenvalue weighted by molar-refractivity contribution is -0.123. The van der Waals surface area contributed by atoms with E-state index in [2.05, 4.69) is 5.32 Å². The number of hydrogen-bond donors (Lipinski definition) is 1. The van der Waals surface area contributed by atoms with Gasteiger partial charge in [0.1, 0.15) is 0 Å². The Kier molecular flexibility index (Phi) is 5.58. The molecule has 1 aromatic rings. The van der Waals surface area contributed by atoms with Crippen LogP contribution in [0.1, 0.15) is 25.7 Å². The zero-order valence-electron chi connectivity index (χ0n) is 14.0. The standard InChI is InChI=1S/C17H23FN2O4S/c18-15-3-1-2-4-16(15)24-12-17(21)19-11-13-7-9-20(10-8-13)25(22,23)14-5-6-14/h1-4,13-14H,5-12H2,(H,19,21). The molecule has 3 rings (SSSR count). The molecule has 8 heteroatoms. The summed E-state index contributed by atoms with van der Waals surface area (Å²) in [6.45, 7) is 1.28. The molecule has 0 radical (unpaired) electrons. The van der Waals surface area contributed by atoms with Crippen LogP contribution in [0.3, 0.4) is 0 Å². The first-order chi connectivity index (χ1) is 12.0. The molecule has 0 spiro atoms. The molecule has 1 N–H and O–H groups in total. The molecule has 0 unspecified atom stereocenters. The maximum atomic E-state index is 13.4. The van der Waals surface area contributed by atoms with Gasteiger partial charge in [-0.1, -0.05) is 12.1 Å². The third kappa shape index (κ3) is 4.70. The van der Waals surface area contributed by atoms with Gasteiger partial charge in [0.2, 0.25) is 10.0 Å². The van der Waals surface area contributed by atoms with Gasteiger partial charge < -0.3 is 10.1 Å². The molecule has 1 amide bonds. The minimum Gasteiger partial charge on any atom is -0.481 e. The summed E-state index contributed by atoms with van der Waals surface area (Å²) in [6, 6.07) is 5.94. The highest BCUT2D eigenvalue weighted by atomic mass is 32.2. The first kappa shape index (κ1) is 18.1. The summed E-state index contributed by atoms with van der Waals surface area (Å²) < 4.78 is 44.5. The quantitative estimate of drug-likeness (QED) is 0.790. The third-order valence-corrected chi connectivity index (χ3v) is 7.06. The van der Waals surface area contributed by atoms with Crippen LogP contribution < -0.4 is 10.1 Å². The smallest absolute Gasteiger partial charge is 0.257 e. The Balaban J connectivity index is 1.37. The number of amides is 1. The molecule has 1 aliphatic heterocycles. The average Bonchev–Trinajstić information content (AvgIpc) is 3.45. The summed E-state index contributed by atoms with van der Waals surface area (Å²) >= 11 is 0. The van der Waals surface area contributed by atoms with E-state index < -0.39 is 15.8 Å². The number of nitrogens with zero attached hydrogens (tertiary/aromatic N) is 1. The summed E-state index contributed by atoms with van der Waals surface area (Å²) in [5, 5.41) is 2.61. The van der Waals surface area contributed by atoms with E-state index in [0.29, 0.717) is 19.6 Å². The fourth-order valence-electron chi connectivity index (χ4n) is 2.96. The predicted octanol–water partition coefficient (Wildman–Crippen LogP) is 1.52. The molecule has 0 atom stereocenters. The minimum absolute atomic E-state index is 0.0521. The van der Waals surface area contributed by atoms with Crippen LogP contribution in [0, 0.1) is 11.7 Å². The number of piperidine rings is 1.